The van der Waals surface area contributed by atoms with Crippen molar-refractivity contribution in [1.82, 2.24) is 0 Å². The van der Waals surface area contributed by atoms with Gasteiger partial charge in [0.15, 0.2) is 6.54 Å². The van der Waals surface area contributed by atoms with E-state index in [1.165, 1.54) is 38.5 Å². The number of benzene rings is 1. The Bertz CT molecular complexity index is 674. The number of anilines is 1. The lowest BCUT2D eigenvalue weighted by Gasteiger charge is -2.54. The second-order valence-electron chi connectivity index (χ2n) is 8.04. The van der Waals surface area contributed by atoms with Gasteiger partial charge in [-0.05, 0) is 55.2 Å². The van der Waals surface area contributed by atoms with Gasteiger partial charge in [-0.2, -0.15) is 5.26 Å². The molecule has 0 atom stereocenters. The maximum Gasteiger partial charge on any atom is 0.279 e. The van der Waals surface area contributed by atoms with E-state index in [4.69, 9.17) is 16.9 Å². The summed E-state index contributed by atoms with van der Waals surface area (Å²) in [7, 11) is 0. The Kier molecular flexibility index (Phi) is 4.02. The molecule has 1 aromatic rings. The zero-order valence-electron chi connectivity index (χ0n) is 13.7. The summed E-state index contributed by atoms with van der Waals surface area (Å²) in [5.74, 6) is 2.69. The van der Waals surface area contributed by atoms with Gasteiger partial charge in [-0.15, -0.1) is 0 Å². The van der Waals surface area contributed by atoms with Crippen LogP contribution in [0.3, 0.4) is 0 Å². The van der Waals surface area contributed by atoms with E-state index in [0.717, 1.165) is 17.8 Å². The van der Waals surface area contributed by atoms with Crippen molar-refractivity contribution in [3.63, 3.8) is 0 Å². The van der Waals surface area contributed by atoms with Gasteiger partial charge in [0.25, 0.3) is 5.91 Å². The highest BCUT2D eigenvalue weighted by atomic mass is 35.5. The fourth-order valence-corrected chi connectivity index (χ4v) is 5.86. The number of quaternary nitrogens is 1. The molecule has 24 heavy (non-hydrogen) atoms. The molecule has 0 saturated heterocycles. The number of rotatable bonds is 4. The molecule has 126 valence electrons. The summed E-state index contributed by atoms with van der Waals surface area (Å²) >= 11 is 6.02. The third-order valence-corrected chi connectivity index (χ3v) is 6.49. The fourth-order valence-electron chi connectivity index (χ4n) is 5.63. The first-order valence-corrected chi connectivity index (χ1v) is 9.27. The van der Waals surface area contributed by atoms with Crippen LogP contribution in [0.4, 0.5) is 5.69 Å². The summed E-state index contributed by atoms with van der Waals surface area (Å²) in [5.41, 5.74) is 1.40. The first-order chi connectivity index (χ1) is 11.5. The standard InChI is InChI=1S/C19H22ClN3O/c20-17-6-16(2-1-15(17)10-21)23-18(24)11-22-19-7-12-3-13(8-19)5-14(4-12)9-19/h1-2,6,12-14,22H,3-5,7-9,11H2,(H,23,24)/p+1. The lowest BCUT2D eigenvalue weighted by Crippen LogP contribution is -3.00. The van der Waals surface area contributed by atoms with Gasteiger partial charge in [-0.3, -0.25) is 4.79 Å². The first-order valence-electron chi connectivity index (χ1n) is 8.89. The minimum absolute atomic E-state index is 0.00604. The number of halogens is 1. The van der Waals surface area contributed by atoms with E-state index >= 15 is 0 Å². The molecule has 4 nitrogen and oxygen atoms in total. The molecule has 4 aliphatic rings. The van der Waals surface area contributed by atoms with Gasteiger partial charge in [0.05, 0.1) is 16.1 Å². The van der Waals surface area contributed by atoms with E-state index < -0.39 is 0 Å². The zero-order valence-corrected chi connectivity index (χ0v) is 14.5. The van der Waals surface area contributed by atoms with Crippen molar-refractivity contribution in [3.8, 4) is 6.07 Å². The van der Waals surface area contributed by atoms with Crippen LogP contribution in [0, 0.1) is 29.1 Å². The second kappa shape index (κ2) is 6.06. The molecule has 0 aliphatic heterocycles. The third-order valence-electron chi connectivity index (χ3n) is 6.18. The molecule has 5 heteroatoms. The van der Waals surface area contributed by atoms with E-state index in [1.807, 2.05) is 6.07 Å². The molecule has 0 heterocycles. The van der Waals surface area contributed by atoms with Crippen molar-refractivity contribution < 1.29 is 10.1 Å². The van der Waals surface area contributed by atoms with Gasteiger partial charge in [0, 0.05) is 24.9 Å². The lowest BCUT2D eigenvalue weighted by atomic mass is 9.53. The molecule has 4 saturated carbocycles. The van der Waals surface area contributed by atoms with E-state index in [9.17, 15) is 4.79 Å². The van der Waals surface area contributed by atoms with Crippen LogP contribution in [0.5, 0.6) is 0 Å². The number of amides is 1. The average molecular weight is 345 g/mol. The molecule has 3 N–H and O–H groups in total. The van der Waals surface area contributed by atoms with Gasteiger partial charge >= 0.3 is 0 Å². The van der Waals surface area contributed by atoms with Gasteiger partial charge in [-0.1, -0.05) is 11.6 Å². The van der Waals surface area contributed by atoms with Gasteiger partial charge in [0.1, 0.15) is 6.07 Å². The van der Waals surface area contributed by atoms with Crippen molar-refractivity contribution >= 4 is 23.2 Å². The molecule has 4 fully saturated rings. The topological polar surface area (TPSA) is 69.5 Å². The molecule has 0 aromatic heterocycles. The SMILES string of the molecule is N#Cc1ccc(NC(=O)C[NH2+]C23CC4CC(CC(C4)C2)C3)cc1Cl. The molecule has 0 radical (unpaired) electrons. The van der Waals surface area contributed by atoms with Crippen LogP contribution >= 0.6 is 11.6 Å². The number of nitrogens with two attached hydrogens (primary N) is 1. The second-order valence-corrected chi connectivity index (χ2v) is 8.45. The average Bonchev–Trinajstić information content (AvgIpc) is 2.52. The maximum absolute atomic E-state index is 12.3. The highest BCUT2D eigenvalue weighted by molar-refractivity contribution is 6.32. The van der Waals surface area contributed by atoms with Crippen LogP contribution in [0.15, 0.2) is 18.2 Å². The van der Waals surface area contributed by atoms with E-state index in [-0.39, 0.29) is 5.91 Å². The number of nitrogens with zero attached hydrogens (tertiary/aromatic N) is 1. The molecule has 5 rings (SSSR count). The van der Waals surface area contributed by atoms with Crippen LogP contribution in [-0.2, 0) is 4.79 Å². The number of carbonyl (C=O) groups is 1. The molecule has 0 unspecified atom stereocenters. The highest BCUT2D eigenvalue weighted by Gasteiger charge is 2.53. The Hall–Kier alpha value is -1.57. The predicted molar refractivity (Wildman–Crippen MR) is 92.5 cm³/mol. The summed E-state index contributed by atoms with van der Waals surface area (Å²) in [4.78, 5) is 12.3. The van der Waals surface area contributed by atoms with Crippen molar-refractivity contribution in [2.24, 2.45) is 17.8 Å². The van der Waals surface area contributed by atoms with Crippen LogP contribution in [0.1, 0.15) is 44.1 Å². The minimum Gasteiger partial charge on any atom is -0.334 e. The number of hydrogen-bond donors (Lipinski definition) is 2. The zero-order chi connectivity index (χ0) is 16.7. The summed E-state index contributed by atoms with van der Waals surface area (Å²) in [6.45, 7) is 0.462. The van der Waals surface area contributed by atoms with Gasteiger partial charge in [0.2, 0.25) is 0 Å². The van der Waals surface area contributed by atoms with E-state index in [1.54, 1.807) is 18.2 Å². The number of carbonyl (C=O) groups excluding carboxylic acids is 1. The normalized spacial score (nSPS) is 33.2. The summed E-state index contributed by atoms with van der Waals surface area (Å²) in [6, 6.07) is 7.03. The van der Waals surface area contributed by atoms with Crippen LogP contribution in [0.25, 0.3) is 0 Å². The number of nitriles is 1. The summed E-state index contributed by atoms with van der Waals surface area (Å²) in [6.07, 6.45) is 8.12. The molecule has 1 aromatic carbocycles. The predicted octanol–water partition coefficient (Wildman–Crippen LogP) is 2.68. The van der Waals surface area contributed by atoms with Crippen molar-refractivity contribution in [2.75, 3.05) is 11.9 Å². The maximum atomic E-state index is 12.3. The smallest absolute Gasteiger partial charge is 0.279 e. The molecule has 0 spiro atoms. The highest BCUT2D eigenvalue weighted by Crippen LogP contribution is 2.54. The van der Waals surface area contributed by atoms with E-state index in [2.05, 4.69) is 10.6 Å². The quantitative estimate of drug-likeness (QED) is 0.881. The first kappa shape index (κ1) is 15.9. The Morgan fingerprint density at radius 2 is 1.88 bits per heavy atom. The number of nitrogens with one attached hydrogen (secondary N) is 1. The number of hydrogen-bond acceptors (Lipinski definition) is 2. The van der Waals surface area contributed by atoms with Crippen LogP contribution in [-0.4, -0.2) is 18.0 Å². The lowest BCUT2D eigenvalue weighted by molar-refractivity contribution is -0.729. The molecule has 4 bridgehead atoms. The minimum atomic E-state index is 0.00604. The van der Waals surface area contributed by atoms with E-state index in [0.29, 0.717) is 28.4 Å². The molecular formula is C19H23ClN3O+. The van der Waals surface area contributed by atoms with Gasteiger partial charge < -0.3 is 10.6 Å². The molecule has 4 aliphatic carbocycles. The Balaban J connectivity index is 1.35. The van der Waals surface area contributed by atoms with Gasteiger partial charge in [-0.25, -0.2) is 0 Å². The molecular weight excluding hydrogens is 322 g/mol. The van der Waals surface area contributed by atoms with Crippen molar-refractivity contribution in [3.05, 3.63) is 28.8 Å². The third kappa shape index (κ3) is 3.03. The van der Waals surface area contributed by atoms with Crippen molar-refractivity contribution in [2.45, 2.75) is 44.1 Å². The Morgan fingerprint density at radius 3 is 2.42 bits per heavy atom. The summed E-state index contributed by atoms with van der Waals surface area (Å²) in [5, 5.41) is 14.5. The van der Waals surface area contributed by atoms with Crippen LogP contribution < -0.4 is 10.6 Å². The van der Waals surface area contributed by atoms with Crippen molar-refractivity contribution in [1.29, 1.82) is 5.26 Å². The largest absolute Gasteiger partial charge is 0.334 e. The Morgan fingerprint density at radius 1 is 1.25 bits per heavy atom. The Labute approximate surface area is 147 Å². The molecule has 1 amide bonds. The summed E-state index contributed by atoms with van der Waals surface area (Å²) < 4.78 is 0. The monoisotopic (exact) mass is 344 g/mol. The van der Waals surface area contributed by atoms with Crippen LogP contribution in [0.2, 0.25) is 5.02 Å². The fraction of sp³-hybridized carbons (Fsp3) is 0.579.